The molecular weight excluding hydrogens is 285 g/mol. The van der Waals surface area contributed by atoms with Crippen LogP contribution in [0.25, 0.3) is 0 Å². The number of nitrogens with zero attached hydrogens (tertiary/aromatic N) is 1. The van der Waals surface area contributed by atoms with Gasteiger partial charge in [-0.3, -0.25) is 0 Å². The minimum Gasteiger partial charge on any atom is -0.370 e. The van der Waals surface area contributed by atoms with E-state index in [1.165, 1.54) is 12.1 Å². The van der Waals surface area contributed by atoms with Crippen LogP contribution in [0.15, 0.2) is 24.3 Å². The largest absolute Gasteiger partial charge is 0.416 e. The summed E-state index contributed by atoms with van der Waals surface area (Å²) in [6.07, 6.45) is -4.34. The molecule has 7 heteroatoms. The van der Waals surface area contributed by atoms with Gasteiger partial charge in [0.15, 0.2) is 0 Å². The molecule has 1 saturated heterocycles. The van der Waals surface area contributed by atoms with Crippen molar-refractivity contribution in [1.29, 1.82) is 0 Å². The van der Waals surface area contributed by atoms with E-state index in [0.717, 1.165) is 18.7 Å². The molecule has 0 saturated carbocycles. The fourth-order valence-electron chi connectivity index (χ4n) is 2.06. The minimum atomic E-state index is -4.34. The first-order valence-electron chi connectivity index (χ1n) is 6.72. The number of hydrogen-bond donors (Lipinski definition) is 1. The van der Waals surface area contributed by atoms with Gasteiger partial charge in [0, 0.05) is 13.1 Å². The third-order valence-electron chi connectivity index (χ3n) is 3.47. The maximum absolute atomic E-state index is 12.4. The lowest BCUT2D eigenvalue weighted by Crippen LogP contribution is -2.51. The van der Waals surface area contributed by atoms with Crippen LogP contribution in [-0.4, -0.2) is 30.5 Å². The van der Waals surface area contributed by atoms with Gasteiger partial charge in [-0.2, -0.15) is 13.2 Å². The second-order valence-corrected chi connectivity index (χ2v) is 4.99. The second-order valence-electron chi connectivity index (χ2n) is 4.99. The van der Waals surface area contributed by atoms with Crippen LogP contribution < -0.4 is 5.48 Å². The van der Waals surface area contributed by atoms with Crippen molar-refractivity contribution < 1.29 is 22.8 Å². The van der Waals surface area contributed by atoms with Gasteiger partial charge in [-0.15, -0.1) is 5.48 Å². The number of hydrogen-bond acceptors (Lipinski definition) is 4. The predicted octanol–water partition coefficient (Wildman–Crippen LogP) is 2.20. The molecule has 0 amide bonds. The quantitative estimate of drug-likeness (QED) is 0.847. The fourth-order valence-corrected chi connectivity index (χ4v) is 2.06. The monoisotopic (exact) mass is 302 g/mol. The van der Waals surface area contributed by atoms with Gasteiger partial charge in [-0.1, -0.05) is 19.1 Å². The van der Waals surface area contributed by atoms with Gasteiger partial charge in [0.1, 0.15) is 0 Å². The molecule has 0 aliphatic carbocycles. The van der Waals surface area contributed by atoms with Crippen LogP contribution in [-0.2, 0) is 22.4 Å². The van der Waals surface area contributed by atoms with Gasteiger partial charge < -0.3 is 9.74 Å². The number of hydroxylamine groups is 1. The van der Waals surface area contributed by atoms with Crippen LogP contribution in [0.4, 0.5) is 13.2 Å². The number of carbonyl (C=O) groups excluding carboxylic acids is 1. The summed E-state index contributed by atoms with van der Waals surface area (Å²) in [5.74, 6) is -0.448. The number of carbonyl (C=O) groups is 1. The summed E-state index contributed by atoms with van der Waals surface area (Å²) in [6.45, 7) is 4.48. The number of benzene rings is 1. The summed E-state index contributed by atoms with van der Waals surface area (Å²) in [5, 5.41) is 0. The third-order valence-corrected chi connectivity index (χ3v) is 3.47. The molecule has 0 atom stereocenters. The lowest BCUT2D eigenvalue weighted by Gasteiger charge is -2.36. The molecule has 0 aromatic heterocycles. The molecule has 21 heavy (non-hydrogen) atoms. The van der Waals surface area contributed by atoms with E-state index in [-0.39, 0.29) is 18.4 Å². The fraction of sp³-hybridized carbons (Fsp3) is 0.500. The Morgan fingerprint density at radius 1 is 1.33 bits per heavy atom. The molecule has 1 heterocycles. The smallest absolute Gasteiger partial charge is 0.370 e. The summed E-state index contributed by atoms with van der Waals surface area (Å²) in [4.78, 5) is 18.6. The zero-order chi connectivity index (χ0) is 15.5. The average molecular weight is 302 g/mol. The summed E-state index contributed by atoms with van der Waals surface area (Å²) >= 11 is 0. The third kappa shape index (κ3) is 4.18. The van der Waals surface area contributed by atoms with Crippen LogP contribution in [0.5, 0.6) is 0 Å². The van der Waals surface area contributed by atoms with E-state index in [9.17, 15) is 18.0 Å². The molecule has 0 radical (unpaired) electrons. The first-order valence-corrected chi connectivity index (χ1v) is 6.72. The number of nitrogens with one attached hydrogen (secondary N) is 1. The highest BCUT2D eigenvalue weighted by Gasteiger charge is 2.33. The SMILES string of the molecule is CCN1CC(C(=O)ONCc2ccc(C(F)(F)F)cc2)C1. The average Bonchev–Trinajstić information content (AvgIpc) is 2.37. The van der Waals surface area contributed by atoms with Crippen LogP contribution in [0.2, 0.25) is 0 Å². The number of alkyl halides is 3. The number of rotatable bonds is 5. The summed E-state index contributed by atoms with van der Waals surface area (Å²) in [5.41, 5.74) is 2.41. The Hall–Kier alpha value is -1.60. The van der Waals surface area contributed by atoms with Crippen LogP contribution in [0.1, 0.15) is 18.1 Å². The number of halogens is 3. The van der Waals surface area contributed by atoms with E-state index in [2.05, 4.69) is 10.4 Å². The normalized spacial score (nSPS) is 16.6. The molecule has 1 fully saturated rings. The van der Waals surface area contributed by atoms with E-state index in [0.29, 0.717) is 18.7 Å². The van der Waals surface area contributed by atoms with E-state index < -0.39 is 11.7 Å². The minimum absolute atomic E-state index is 0.120. The molecule has 116 valence electrons. The van der Waals surface area contributed by atoms with Gasteiger partial charge in [0.25, 0.3) is 0 Å². The summed E-state index contributed by atoms with van der Waals surface area (Å²) in [7, 11) is 0. The molecule has 2 rings (SSSR count). The van der Waals surface area contributed by atoms with Crippen molar-refractivity contribution in [3.8, 4) is 0 Å². The highest BCUT2D eigenvalue weighted by Crippen LogP contribution is 2.29. The molecule has 4 nitrogen and oxygen atoms in total. The Balaban J connectivity index is 1.73. The Morgan fingerprint density at radius 3 is 2.48 bits per heavy atom. The molecule has 1 aromatic rings. The highest BCUT2D eigenvalue weighted by atomic mass is 19.4. The number of likely N-dealkylation sites (tertiary alicyclic amines) is 1. The summed E-state index contributed by atoms with van der Waals surface area (Å²) < 4.78 is 37.2. The first-order chi connectivity index (χ1) is 9.90. The van der Waals surface area contributed by atoms with Gasteiger partial charge in [-0.05, 0) is 24.2 Å². The van der Waals surface area contributed by atoms with E-state index in [4.69, 9.17) is 4.84 Å². The van der Waals surface area contributed by atoms with Crippen molar-refractivity contribution in [2.75, 3.05) is 19.6 Å². The topological polar surface area (TPSA) is 41.6 Å². The zero-order valence-electron chi connectivity index (χ0n) is 11.6. The van der Waals surface area contributed by atoms with E-state index in [1.54, 1.807) is 0 Å². The maximum Gasteiger partial charge on any atom is 0.416 e. The van der Waals surface area contributed by atoms with Crippen molar-refractivity contribution in [1.82, 2.24) is 10.4 Å². The molecule has 0 unspecified atom stereocenters. The Morgan fingerprint density at radius 2 is 1.95 bits per heavy atom. The lowest BCUT2D eigenvalue weighted by atomic mass is 10.0. The standard InChI is InChI=1S/C14H17F3N2O2/c1-2-19-8-11(9-19)13(20)21-18-7-10-3-5-12(6-4-10)14(15,16)17/h3-6,11,18H,2,7-9H2,1H3. The first kappa shape index (κ1) is 15.8. The van der Waals surface area contributed by atoms with Crippen molar-refractivity contribution >= 4 is 5.97 Å². The molecule has 1 aliphatic rings. The molecule has 0 spiro atoms. The van der Waals surface area contributed by atoms with Crippen molar-refractivity contribution in [2.45, 2.75) is 19.6 Å². The van der Waals surface area contributed by atoms with E-state index >= 15 is 0 Å². The maximum atomic E-state index is 12.4. The van der Waals surface area contributed by atoms with Crippen LogP contribution in [0, 0.1) is 5.92 Å². The van der Waals surface area contributed by atoms with Gasteiger partial charge in [-0.25, -0.2) is 4.79 Å². The lowest BCUT2D eigenvalue weighted by molar-refractivity contribution is -0.162. The van der Waals surface area contributed by atoms with Gasteiger partial charge >= 0.3 is 12.1 Å². The Labute approximate surface area is 120 Å². The Kier molecular flexibility index (Phi) is 4.84. The molecule has 0 bridgehead atoms. The molecule has 1 aromatic carbocycles. The van der Waals surface area contributed by atoms with Crippen molar-refractivity contribution in [3.63, 3.8) is 0 Å². The van der Waals surface area contributed by atoms with Crippen molar-refractivity contribution in [3.05, 3.63) is 35.4 Å². The molecular formula is C14H17F3N2O2. The predicted molar refractivity (Wildman–Crippen MR) is 70.0 cm³/mol. The zero-order valence-corrected chi connectivity index (χ0v) is 11.6. The molecule has 1 N–H and O–H groups in total. The van der Waals surface area contributed by atoms with Gasteiger partial charge in [0.05, 0.1) is 18.0 Å². The molecule has 1 aliphatic heterocycles. The van der Waals surface area contributed by atoms with E-state index in [1.807, 2.05) is 6.92 Å². The van der Waals surface area contributed by atoms with Crippen LogP contribution in [0.3, 0.4) is 0 Å². The Bertz CT molecular complexity index is 482. The summed E-state index contributed by atoms with van der Waals surface area (Å²) in [6, 6.07) is 4.71. The van der Waals surface area contributed by atoms with Crippen LogP contribution >= 0.6 is 0 Å². The van der Waals surface area contributed by atoms with Crippen molar-refractivity contribution in [2.24, 2.45) is 5.92 Å². The second kappa shape index (κ2) is 6.44. The highest BCUT2D eigenvalue weighted by molar-refractivity contribution is 5.73. The van der Waals surface area contributed by atoms with Gasteiger partial charge in [0.2, 0.25) is 0 Å².